The zero-order chi connectivity index (χ0) is 15.8. The Hall–Kier alpha value is -1.08. The van der Waals surface area contributed by atoms with Gasteiger partial charge in [0.05, 0.1) is 19.3 Å². The summed E-state index contributed by atoms with van der Waals surface area (Å²) in [5.74, 6) is 0. The van der Waals surface area contributed by atoms with Gasteiger partial charge >= 0.3 is 6.09 Å². The van der Waals surface area contributed by atoms with Gasteiger partial charge < -0.3 is 14.4 Å². The number of amides is 1. The summed E-state index contributed by atoms with van der Waals surface area (Å²) in [6.45, 7) is 7.21. The molecule has 0 radical (unpaired) electrons. The number of carbonyl (C=O) groups is 2. The largest absolute Gasteiger partial charge is 0.445 e. The zero-order valence-electron chi connectivity index (χ0n) is 12.4. The third-order valence-corrected chi connectivity index (χ3v) is 3.93. The Balaban J connectivity index is 2.57. The molecular weight excluding hydrogens is 297 g/mol. The van der Waals surface area contributed by atoms with Crippen LogP contribution in [-0.2, 0) is 14.3 Å². The number of rotatable bonds is 7. The first-order chi connectivity index (χ1) is 9.93. The number of carbonyl (C=O) groups excluding carboxylic acids is 2. The second-order valence-electron chi connectivity index (χ2n) is 4.96. The van der Waals surface area contributed by atoms with Gasteiger partial charge in [-0.2, -0.15) is 0 Å². The van der Waals surface area contributed by atoms with Gasteiger partial charge in [-0.3, -0.25) is 4.79 Å². The lowest BCUT2D eigenvalue weighted by Crippen LogP contribution is -2.39. The second-order valence-corrected chi connectivity index (χ2v) is 6.43. The van der Waals surface area contributed by atoms with Crippen molar-refractivity contribution in [2.24, 2.45) is 0 Å². The minimum Gasteiger partial charge on any atom is -0.445 e. The Morgan fingerprint density at radius 3 is 2.86 bits per heavy atom. The second kappa shape index (κ2) is 9.04. The van der Waals surface area contributed by atoms with E-state index in [-0.39, 0.29) is 36.2 Å². The molecule has 0 N–H and O–H groups in total. The highest BCUT2D eigenvalue weighted by Gasteiger charge is 2.37. The van der Waals surface area contributed by atoms with Gasteiger partial charge in [-0.25, -0.2) is 9.18 Å². The van der Waals surface area contributed by atoms with Crippen molar-refractivity contribution in [2.45, 2.75) is 37.7 Å². The Bertz CT molecular complexity index is 378. The lowest BCUT2D eigenvalue weighted by atomic mass is 10.2. The molecule has 21 heavy (non-hydrogen) atoms. The van der Waals surface area contributed by atoms with Crippen LogP contribution < -0.4 is 0 Å². The molecule has 0 bridgehead atoms. The van der Waals surface area contributed by atoms with E-state index in [2.05, 4.69) is 6.58 Å². The highest BCUT2D eigenvalue weighted by atomic mass is 32.2. The lowest BCUT2D eigenvalue weighted by molar-refractivity contribution is -0.109. The van der Waals surface area contributed by atoms with Crippen molar-refractivity contribution >= 4 is 23.0 Å². The third-order valence-electron chi connectivity index (χ3n) is 2.93. The molecule has 1 aliphatic rings. The molecule has 0 aromatic rings. The fraction of sp³-hybridized carbons (Fsp3) is 0.714. The van der Waals surface area contributed by atoms with Crippen molar-refractivity contribution < 1.29 is 23.5 Å². The van der Waals surface area contributed by atoms with Gasteiger partial charge in [-0.05, 0) is 13.3 Å². The van der Waals surface area contributed by atoms with Gasteiger partial charge in [0, 0.05) is 18.7 Å². The highest BCUT2D eigenvalue weighted by molar-refractivity contribution is 8.14. The molecule has 1 amide bonds. The average molecular weight is 319 g/mol. The molecule has 1 heterocycles. The SMILES string of the molecule is C=CCOC(=O)N1C[C@@H](SC(C)=O)C[C@H]1COCC(C)F. The highest BCUT2D eigenvalue weighted by Crippen LogP contribution is 2.28. The molecule has 120 valence electrons. The van der Waals surface area contributed by atoms with Gasteiger partial charge in [0.1, 0.15) is 12.8 Å². The van der Waals surface area contributed by atoms with Crippen molar-refractivity contribution in [3.05, 3.63) is 12.7 Å². The van der Waals surface area contributed by atoms with E-state index in [4.69, 9.17) is 9.47 Å². The maximum absolute atomic E-state index is 12.8. The third kappa shape index (κ3) is 6.48. The van der Waals surface area contributed by atoms with Crippen LogP contribution in [0.25, 0.3) is 0 Å². The van der Waals surface area contributed by atoms with Gasteiger partial charge in [0.15, 0.2) is 5.12 Å². The minimum atomic E-state index is -1.05. The van der Waals surface area contributed by atoms with E-state index in [0.717, 1.165) is 0 Å². The summed E-state index contributed by atoms with van der Waals surface area (Å²) in [5, 5.41) is 0.0357. The molecule has 1 aliphatic heterocycles. The smallest absolute Gasteiger partial charge is 0.410 e. The Morgan fingerprint density at radius 2 is 2.29 bits per heavy atom. The quantitative estimate of drug-likeness (QED) is 0.675. The molecule has 0 spiro atoms. The van der Waals surface area contributed by atoms with Crippen LogP contribution in [-0.4, -0.2) is 59.9 Å². The number of thioether (sulfide) groups is 1. The van der Waals surface area contributed by atoms with E-state index in [1.54, 1.807) is 4.90 Å². The van der Waals surface area contributed by atoms with Crippen molar-refractivity contribution in [3.63, 3.8) is 0 Å². The average Bonchev–Trinajstić information content (AvgIpc) is 2.77. The summed E-state index contributed by atoms with van der Waals surface area (Å²) in [6, 6.07) is -0.196. The number of hydrogen-bond acceptors (Lipinski definition) is 5. The molecule has 1 rings (SSSR count). The maximum atomic E-state index is 12.8. The first kappa shape index (κ1) is 18.0. The van der Waals surface area contributed by atoms with E-state index in [1.165, 1.54) is 31.7 Å². The molecule has 1 saturated heterocycles. The van der Waals surface area contributed by atoms with Crippen molar-refractivity contribution in [2.75, 3.05) is 26.4 Å². The molecule has 0 saturated carbocycles. The normalized spacial score (nSPS) is 22.9. The molecule has 1 unspecified atom stereocenters. The van der Waals surface area contributed by atoms with Crippen LogP contribution in [0.2, 0.25) is 0 Å². The van der Waals surface area contributed by atoms with Crippen LogP contribution >= 0.6 is 11.8 Å². The number of ether oxygens (including phenoxy) is 2. The van der Waals surface area contributed by atoms with Gasteiger partial charge in [0.2, 0.25) is 0 Å². The van der Waals surface area contributed by atoms with Gasteiger partial charge in [0.25, 0.3) is 0 Å². The monoisotopic (exact) mass is 319 g/mol. The molecule has 1 fully saturated rings. The fourth-order valence-corrected chi connectivity index (χ4v) is 3.18. The van der Waals surface area contributed by atoms with Crippen molar-refractivity contribution in [3.8, 4) is 0 Å². The van der Waals surface area contributed by atoms with E-state index in [1.807, 2.05) is 0 Å². The number of halogens is 1. The molecule has 3 atom stereocenters. The number of alkyl halides is 1. The predicted octanol–water partition coefficient (Wildman–Crippen LogP) is 2.41. The summed E-state index contributed by atoms with van der Waals surface area (Å²) < 4.78 is 23.1. The summed E-state index contributed by atoms with van der Waals surface area (Å²) in [7, 11) is 0. The standard InChI is InChI=1S/C14H22FNO4S/c1-4-5-20-14(18)16-7-13(21-11(3)17)6-12(16)9-19-8-10(2)15/h4,10,12-13H,1,5-9H2,2-3H3/t10?,12-,13-/m0/s1. The maximum Gasteiger partial charge on any atom is 0.410 e. The number of nitrogens with zero attached hydrogens (tertiary/aromatic N) is 1. The Kier molecular flexibility index (Phi) is 7.74. The topological polar surface area (TPSA) is 55.8 Å². The van der Waals surface area contributed by atoms with Crippen LogP contribution in [0.3, 0.4) is 0 Å². The Morgan fingerprint density at radius 1 is 1.57 bits per heavy atom. The first-order valence-electron chi connectivity index (χ1n) is 6.87. The number of likely N-dealkylation sites (tertiary alicyclic amines) is 1. The zero-order valence-corrected chi connectivity index (χ0v) is 13.2. The van der Waals surface area contributed by atoms with Crippen LogP contribution in [0, 0.1) is 0 Å². The summed E-state index contributed by atoms with van der Waals surface area (Å²) in [5.41, 5.74) is 0. The van der Waals surface area contributed by atoms with E-state index >= 15 is 0 Å². The first-order valence-corrected chi connectivity index (χ1v) is 7.75. The van der Waals surface area contributed by atoms with Crippen LogP contribution in [0.4, 0.5) is 9.18 Å². The predicted molar refractivity (Wildman–Crippen MR) is 80.1 cm³/mol. The van der Waals surface area contributed by atoms with Crippen LogP contribution in [0.5, 0.6) is 0 Å². The molecular formula is C14H22FNO4S. The van der Waals surface area contributed by atoms with Crippen molar-refractivity contribution in [1.82, 2.24) is 4.90 Å². The van der Waals surface area contributed by atoms with E-state index in [0.29, 0.717) is 13.0 Å². The van der Waals surface area contributed by atoms with Crippen LogP contribution in [0.15, 0.2) is 12.7 Å². The Labute approximate surface area is 128 Å². The fourth-order valence-electron chi connectivity index (χ4n) is 2.16. The molecule has 7 heteroatoms. The molecule has 0 aromatic carbocycles. The summed E-state index contributed by atoms with van der Waals surface area (Å²) >= 11 is 1.21. The molecule has 0 aromatic heterocycles. The number of hydrogen-bond donors (Lipinski definition) is 0. The molecule has 0 aliphatic carbocycles. The van der Waals surface area contributed by atoms with Gasteiger partial charge in [-0.15, -0.1) is 0 Å². The van der Waals surface area contributed by atoms with Crippen molar-refractivity contribution in [1.29, 1.82) is 0 Å². The summed E-state index contributed by atoms with van der Waals surface area (Å²) in [4.78, 5) is 24.7. The minimum absolute atomic E-state index is 0.00341. The van der Waals surface area contributed by atoms with E-state index in [9.17, 15) is 14.0 Å². The van der Waals surface area contributed by atoms with E-state index < -0.39 is 12.3 Å². The summed E-state index contributed by atoms with van der Waals surface area (Å²) in [6.07, 6.45) is 0.624. The van der Waals surface area contributed by atoms with Crippen LogP contribution in [0.1, 0.15) is 20.3 Å². The molecule has 5 nitrogen and oxygen atoms in total. The lowest BCUT2D eigenvalue weighted by Gasteiger charge is -2.23. The van der Waals surface area contributed by atoms with Gasteiger partial charge in [-0.1, -0.05) is 24.4 Å².